The molecule has 1 aromatic heterocycles. The van der Waals surface area contributed by atoms with Crippen LogP contribution in [-0.2, 0) is 6.54 Å². The van der Waals surface area contributed by atoms with Gasteiger partial charge in [0.2, 0.25) is 0 Å². The summed E-state index contributed by atoms with van der Waals surface area (Å²) in [5.41, 5.74) is 6.87. The molecule has 2 aliphatic rings. The maximum atomic E-state index is 11.1. The average molecular weight is 337 g/mol. The maximum Gasteiger partial charge on any atom is 0.267 e. The summed E-state index contributed by atoms with van der Waals surface area (Å²) in [7, 11) is 0. The molecule has 5 heteroatoms. The van der Waals surface area contributed by atoms with Gasteiger partial charge in [-0.1, -0.05) is 30.3 Å². The van der Waals surface area contributed by atoms with E-state index >= 15 is 0 Å². The van der Waals surface area contributed by atoms with Gasteiger partial charge in [0.15, 0.2) is 0 Å². The van der Waals surface area contributed by atoms with Crippen LogP contribution in [0.3, 0.4) is 0 Å². The molecule has 2 bridgehead atoms. The molecule has 25 heavy (non-hydrogen) atoms. The Hall–Kier alpha value is -2.40. The zero-order chi connectivity index (χ0) is 17.2. The van der Waals surface area contributed by atoms with Crippen LogP contribution < -0.4 is 10.5 Å². The highest BCUT2D eigenvalue weighted by molar-refractivity contribution is 5.90. The monoisotopic (exact) mass is 337 g/mol. The molecular weight excluding hydrogens is 314 g/mol. The van der Waals surface area contributed by atoms with Crippen LogP contribution in [-0.4, -0.2) is 34.0 Å². The Morgan fingerprint density at radius 1 is 1.12 bits per heavy atom. The number of rotatable bonds is 5. The van der Waals surface area contributed by atoms with E-state index in [4.69, 9.17) is 10.5 Å². The Bertz CT molecular complexity index is 718. The van der Waals surface area contributed by atoms with E-state index in [1.165, 1.54) is 18.4 Å². The van der Waals surface area contributed by atoms with Crippen molar-refractivity contribution in [3.8, 4) is 5.75 Å². The second-order valence-corrected chi connectivity index (χ2v) is 7.00. The van der Waals surface area contributed by atoms with Gasteiger partial charge in [-0.2, -0.15) is 0 Å². The molecule has 2 N–H and O–H groups in total. The fourth-order valence-corrected chi connectivity index (χ4v) is 4.16. The number of aromatic nitrogens is 1. The van der Waals surface area contributed by atoms with Gasteiger partial charge in [-0.05, 0) is 43.4 Å². The number of nitrogens with two attached hydrogens (primary N) is 1. The van der Waals surface area contributed by atoms with Crippen LogP contribution in [0, 0.1) is 0 Å². The van der Waals surface area contributed by atoms with Crippen LogP contribution in [0.15, 0.2) is 48.7 Å². The zero-order valence-corrected chi connectivity index (χ0v) is 14.2. The standard InChI is InChI=1S/C20H23N3O2/c21-20(24)19-9-8-17(12-22-19)25-18-10-15-6-7-16(11-18)23(15)13-14-4-2-1-3-5-14/h1-5,8-9,12,15-16,18H,6-7,10-11,13H2,(H2,21,24)/t15-,16+,18?. The minimum atomic E-state index is -0.515. The largest absolute Gasteiger partial charge is 0.489 e. The van der Waals surface area contributed by atoms with E-state index in [0.29, 0.717) is 17.8 Å². The molecule has 4 rings (SSSR count). The molecule has 2 aromatic rings. The molecule has 2 aliphatic heterocycles. The predicted octanol–water partition coefficient (Wildman–Crippen LogP) is 2.75. The predicted molar refractivity (Wildman–Crippen MR) is 95.2 cm³/mol. The van der Waals surface area contributed by atoms with Crippen LogP contribution >= 0.6 is 0 Å². The smallest absolute Gasteiger partial charge is 0.267 e. The minimum absolute atomic E-state index is 0.214. The number of fused-ring (bicyclic) bond motifs is 2. The summed E-state index contributed by atoms with van der Waals surface area (Å²) in [4.78, 5) is 17.8. The number of piperidine rings is 1. The van der Waals surface area contributed by atoms with Crippen LogP contribution in [0.2, 0.25) is 0 Å². The Morgan fingerprint density at radius 3 is 2.44 bits per heavy atom. The van der Waals surface area contributed by atoms with Crippen LogP contribution in [0.4, 0.5) is 0 Å². The van der Waals surface area contributed by atoms with Gasteiger partial charge in [-0.25, -0.2) is 4.98 Å². The van der Waals surface area contributed by atoms with Gasteiger partial charge in [0.05, 0.1) is 6.20 Å². The molecule has 1 aromatic carbocycles. The van der Waals surface area contributed by atoms with Gasteiger partial charge in [-0.15, -0.1) is 0 Å². The molecule has 0 saturated carbocycles. The van der Waals surface area contributed by atoms with Gasteiger partial charge in [-0.3, -0.25) is 9.69 Å². The number of pyridine rings is 1. The Labute approximate surface area is 147 Å². The van der Waals surface area contributed by atoms with E-state index in [1.54, 1.807) is 18.3 Å². The molecule has 5 nitrogen and oxygen atoms in total. The maximum absolute atomic E-state index is 11.1. The number of hydrogen-bond donors (Lipinski definition) is 1. The molecule has 3 atom stereocenters. The van der Waals surface area contributed by atoms with Crippen molar-refractivity contribution in [2.75, 3.05) is 0 Å². The Balaban J connectivity index is 1.38. The first kappa shape index (κ1) is 16.1. The molecule has 1 unspecified atom stereocenters. The second kappa shape index (κ2) is 6.84. The molecule has 0 aliphatic carbocycles. The van der Waals surface area contributed by atoms with E-state index in [9.17, 15) is 4.79 Å². The van der Waals surface area contributed by atoms with Gasteiger partial charge >= 0.3 is 0 Å². The lowest BCUT2D eigenvalue weighted by atomic mass is 9.98. The van der Waals surface area contributed by atoms with Crippen LogP contribution in [0.5, 0.6) is 5.75 Å². The number of nitrogens with zero attached hydrogens (tertiary/aromatic N) is 2. The third kappa shape index (κ3) is 3.51. The van der Waals surface area contributed by atoms with Crippen molar-refractivity contribution in [2.45, 2.75) is 50.4 Å². The highest BCUT2D eigenvalue weighted by Crippen LogP contribution is 2.38. The average Bonchev–Trinajstić information content (AvgIpc) is 2.86. The number of hydrogen-bond acceptors (Lipinski definition) is 4. The molecule has 1 amide bonds. The third-order valence-corrected chi connectivity index (χ3v) is 5.34. The fourth-order valence-electron chi connectivity index (χ4n) is 4.16. The second-order valence-electron chi connectivity index (χ2n) is 7.00. The first-order valence-electron chi connectivity index (χ1n) is 8.91. The normalized spacial score (nSPS) is 25.7. The summed E-state index contributed by atoms with van der Waals surface area (Å²) in [6, 6.07) is 15.3. The molecule has 130 valence electrons. The first-order chi connectivity index (χ1) is 12.2. The lowest BCUT2D eigenvalue weighted by molar-refractivity contribution is 0.0443. The van der Waals surface area contributed by atoms with E-state index in [1.807, 2.05) is 0 Å². The van der Waals surface area contributed by atoms with Crippen molar-refractivity contribution in [3.05, 3.63) is 59.9 Å². The minimum Gasteiger partial charge on any atom is -0.489 e. The molecule has 2 saturated heterocycles. The molecule has 3 heterocycles. The van der Waals surface area contributed by atoms with Gasteiger partial charge in [0.25, 0.3) is 5.91 Å². The molecule has 0 spiro atoms. The topological polar surface area (TPSA) is 68.5 Å². The summed E-state index contributed by atoms with van der Waals surface area (Å²) < 4.78 is 6.13. The Kier molecular flexibility index (Phi) is 4.40. The van der Waals surface area contributed by atoms with E-state index in [-0.39, 0.29) is 11.8 Å². The summed E-state index contributed by atoms with van der Waals surface area (Å²) in [6.07, 6.45) is 6.39. The van der Waals surface area contributed by atoms with E-state index in [2.05, 4.69) is 40.2 Å². The number of ether oxygens (including phenoxy) is 1. The van der Waals surface area contributed by atoms with Crippen molar-refractivity contribution >= 4 is 5.91 Å². The fraction of sp³-hybridized carbons (Fsp3) is 0.400. The third-order valence-electron chi connectivity index (χ3n) is 5.34. The van der Waals surface area contributed by atoms with Crippen LogP contribution in [0.1, 0.15) is 41.7 Å². The lowest BCUT2D eigenvalue weighted by Gasteiger charge is -2.38. The van der Waals surface area contributed by atoms with Crippen molar-refractivity contribution in [1.29, 1.82) is 0 Å². The summed E-state index contributed by atoms with van der Waals surface area (Å²) >= 11 is 0. The lowest BCUT2D eigenvalue weighted by Crippen LogP contribution is -2.45. The van der Waals surface area contributed by atoms with Crippen LogP contribution in [0.25, 0.3) is 0 Å². The SMILES string of the molecule is NC(=O)c1ccc(OC2C[C@H]3CC[C@@H](C2)N3Cc2ccccc2)cn1. The molecule has 2 fully saturated rings. The van der Waals surface area contributed by atoms with E-state index < -0.39 is 5.91 Å². The van der Waals surface area contributed by atoms with Gasteiger partial charge in [0.1, 0.15) is 17.5 Å². The van der Waals surface area contributed by atoms with Crippen molar-refractivity contribution < 1.29 is 9.53 Å². The number of carbonyl (C=O) groups excluding carboxylic acids is 1. The quantitative estimate of drug-likeness (QED) is 0.911. The van der Waals surface area contributed by atoms with Crippen molar-refractivity contribution in [3.63, 3.8) is 0 Å². The number of primary amides is 1. The highest BCUT2D eigenvalue weighted by Gasteiger charge is 2.41. The summed E-state index contributed by atoms with van der Waals surface area (Å²) in [6.45, 7) is 1.03. The number of amides is 1. The number of carbonyl (C=O) groups is 1. The van der Waals surface area contributed by atoms with Crippen molar-refractivity contribution in [2.24, 2.45) is 5.73 Å². The Morgan fingerprint density at radius 2 is 1.84 bits per heavy atom. The van der Waals surface area contributed by atoms with Gasteiger partial charge in [0, 0.05) is 18.6 Å². The van der Waals surface area contributed by atoms with E-state index in [0.717, 1.165) is 19.4 Å². The summed E-state index contributed by atoms with van der Waals surface area (Å²) in [5.74, 6) is 0.199. The molecule has 0 radical (unpaired) electrons. The molecular formula is C20H23N3O2. The first-order valence-corrected chi connectivity index (χ1v) is 8.91. The zero-order valence-electron chi connectivity index (χ0n) is 14.2. The highest BCUT2D eigenvalue weighted by atomic mass is 16.5. The van der Waals surface area contributed by atoms with Crippen molar-refractivity contribution in [1.82, 2.24) is 9.88 Å². The van der Waals surface area contributed by atoms with Gasteiger partial charge < -0.3 is 10.5 Å². The number of benzene rings is 1. The summed E-state index contributed by atoms with van der Waals surface area (Å²) in [5, 5.41) is 0.